The van der Waals surface area contributed by atoms with Gasteiger partial charge in [-0.15, -0.1) is 10.2 Å². The van der Waals surface area contributed by atoms with Gasteiger partial charge in [0.25, 0.3) is 5.91 Å². The van der Waals surface area contributed by atoms with E-state index >= 15 is 0 Å². The molecule has 1 aromatic heterocycles. The maximum atomic E-state index is 13.1. The fourth-order valence-corrected chi connectivity index (χ4v) is 3.56. The van der Waals surface area contributed by atoms with Gasteiger partial charge in [0.1, 0.15) is 5.82 Å². The average Bonchev–Trinajstić information content (AvgIpc) is 2.84. The van der Waals surface area contributed by atoms with Gasteiger partial charge in [-0.3, -0.25) is 4.79 Å². The summed E-state index contributed by atoms with van der Waals surface area (Å²) in [5.74, 6) is 1.55. The zero-order valence-corrected chi connectivity index (χ0v) is 17.4. The molecule has 0 aliphatic carbocycles. The van der Waals surface area contributed by atoms with E-state index in [0.717, 1.165) is 11.4 Å². The number of methoxy groups -OCH3 is 2. The first-order chi connectivity index (χ1) is 15.1. The Morgan fingerprint density at radius 3 is 2.19 bits per heavy atom. The Morgan fingerprint density at radius 2 is 1.58 bits per heavy atom. The van der Waals surface area contributed by atoms with Crippen LogP contribution in [0.15, 0.2) is 54.6 Å². The number of amides is 1. The second-order valence-corrected chi connectivity index (χ2v) is 7.13. The van der Waals surface area contributed by atoms with Crippen LogP contribution in [-0.2, 0) is 0 Å². The summed E-state index contributed by atoms with van der Waals surface area (Å²) >= 11 is 0. The molecule has 0 atom stereocenters. The number of anilines is 1. The Balaban J connectivity index is 1.39. The highest BCUT2D eigenvalue weighted by molar-refractivity contribution is 5.95. The van der Waals surface area contributed by atoms with Gasteiger partial charge in [0, 0.05) is 37.3 Å². The van der Waals surface area contributed by atoms with Gasteiger partial charge in [-0.25, -0.2) is 4.39 Å². The van der Waals surface area contributed by atoms with Crippen LogP contribution in [0.5, 0.6) is 11.5 Å². The van der Waals surface area contributed by atoms with Crippen LogP contribution in [0.4, 0.5) is 10.2 Å². The summed E-state index contributed by atoms with van der Waals surface area (Å²) in [5, 5.41) is 8.59. The standard InChI is InChI=1S/C23H23FN4O3/c1-30-20-9-5-17(15-21(20)31-2)23(29)28-13-11-27(12-14-28)22-10-8-19(25-26-22)16-3-6-18(24)7-4-16/h3-10,15H,11-14H2,1-2H3. The van der Waals surface area contributed by atoms with Crippen LogP contribution < -0.4 is 14.4 Å². The van der Waals surface area contributed by atoms with Crippen molar-refractivity contribution in [1.82, 2.24) is 15.1 Å². The van der Waals surface area contributed by atoms with Crippen LogP contribution in [0.2, 0.25) is 0 Å². The molecule has 1 aliphatic heterocycles. The summed E-state index contributed by atoms with van der Waals surface area (Å²) in [6.45, 7) is 2.47. The molecule has 3 aromatic rings. The lowest BCUT2D eigenvalue weighted by Gasteiger charge is -2.35. The number of aromatic nitrogens is 2. The molecule has 7 nitrogen and oxygen atoms in total. The number of hydrogen-bond acceptors (Lipinski definition) is 6. The third-order valence-electron chi connectivity index (χ3n) is 5.31. The SMILES string of the molecule is COc1ccc(C(=O)N2CCN(c3ccc(-c4ccc(F)cc4)nn3)CC2)cc1OC. The molecular formula is C23H23FN4O3. The zero-order valence-electron chi connectivity index (χ0n) is 17.4. The van der Waals surface area contributed by atoms with Crippen LogP contribution in [0, 0.1) is 5.82 Å². The second-order valence-electron chi connectivity index (χ2n) is 7.13. The first kappa shape index (κ1) is 20.6. The molecule has 1 fully saturated rings. The van der Waals surface area contributed by atoms with E-state index in [9.17, 15) is 9.18 Å². The monoisotopic (exact) mass is 422 g/mol. The van der Waals surface area contributed by atoms with Crippen LogP contribution in [0.1, 0.15) is 10.4 Å². The third kappa shape index (κ3) is 4.42. The van der Waals surface area contributed by atoms with Gasteiger partial charge in [0.05, 0.1) is 19.9 Å². The predicted molar refractivity (Wildman–Crippen MR) is 115 cm³/mol. The molecule has 160 valence electrons. The maximum Gasteiger partial charge on any atom is 0.254 e. The minimum atomic E-state index is -0.283. The Kier molecular flexibility index (Phi) is 5.97. The van der Waals surface area contributed by atoms with Gasteiger partial charge < -0.3 is 19.3 Å². The molecule has 2 aromatic carbocycles. The van der Waals surface area contributed by atoms with Gasteiger partial charge in [0.15, 0.2) is 17.3 Å². The van der Waals surface area contributed by atoms with Gasteiger partial charge in [-0.1, -0.05) is 0 Å². The number of carbonyl (C=O) groups is 1. The highest BCUT2D eigenvalue weighted by Gasteiger charge is 2.24. The van der Waals surface area contributed by atoms with Gasteiger partial charge >= 0.3 is 0 Å². The van der Waals surface area contributed by atoms with Crippen molar-refractivity contribution in [1.29, 1.82) is 0 Å². The quantitative estimate of drug-likeness (QED) is 0.629. The summed E-state index contributed by atoms with van der Waals surface area (Å²) in [4.78, 5) is 16.8. The van der Waals surface area contributed by atoms with Gasteiger partial charge in [-0.05, 0) is 54.6 Å². The summed E-state index contributed by atoms with van der Waals surface area (Å²) < 4.78 is 23.6. The van der Waals surface area contributed by atoms with E-state index in [1.54, 1.807) is 44.6 Å². The minimum Gasteiger partial charge on any atom is -0.493 e. The lowest BCUT2D eigenvalue weighted by atomic mass is 10.1. The van der Waals surface area contributed by atoms with Crippen molar-refractivity contribution in [3.05, 3.63) is 66.0 Å². The molecule has 1 aliphatic rings. The van der Waals surface area contributed by atoms with Crippen LogP contribution >= 0.6 is 0 Å². The van der Waals surface area contributed by atoms with Gasteiger partial charge in [0.2, 0.25) is 0 Å². The largest absolute Gasteiger partial charge is 0.493 e. The summed E-state index contributed by atoms with van der Waals surface area (Å²) in [7, 11) is 3.11. The fourth-order valence-electron chi connectivity index (χ4n) is 3.56. The van der Waals surface area contributed by atoms with Gasteiger partial charge in [-0.2, -0.15) is 0 Å². The normalized spacial score (nSPS) is 13.8. The van der Waals surface area contributed by atoms with E-state index in [1.165, 1.54) is 12.1 Å². The number of rotatable bonds is 5. The van der Waals surface area contributed by atoms with E-state index in [1.807, 2.05) is 17.0 Å². The summed E-state index contributed by atoms with van der Waals surface area (Å²) in [6, 6.07) is 15.1. The predicted octanol–water partition coefficient (Wildman–Crippen LogP) is 3.26. The molecule has 0 radical (unpaired) electrons. The fraction of sp³-hybridized carbons (Fsp3) is 0.261. The van der Waals surface area contributed by atoms with Crippen molar-refractivity contribution >= 4 is 11.7 Å². The molecule has 8 heteroatoms. The number of piperazine rings is 1. The average molecular weight is 422 g/mol. The highest BCUT2D eigenvalue weighted by Crippen LogP contribution is 2.28. The molecular weight excluding hydrogens is 399 g/mol. The molecule has 4 rings (SSSR count). The molecule has 2 heterocycles. The molecule has 0 spiro atoms. The number of halogens is 1. The Bertz CT molecular complexity index is 1050. The molecule has 0 bridgehead atoms. The van der Waals surface area contributed by atoms with E-state index < -0.39 is 0 Å². The lowest BCUT2D eigenvalue weighted by Crippen LogP contribution is -2.49. The molecule has 1 saturated heterocycles. The smallest absolute Gasteiger partial charge is 0.254 e. The Hall–Kier alpha value is -3.68. The van der Waals surface area contributed by atoms with Crippen molar-refractivity contribution in [2.75, 3.05) is 45.3 Å². The summed E-state index contributed by atoms with van der Waals surface area (Å²) in [6.07, 6.45) is 0. The molecule has 0 saturated carbocycles. The molecule has 0 N–H and O–H groups in total. The number of ether oxygens (including phenoxy) is 2. The van der Waals surface area contributed by atoms with E-state index in [-0.39, 0.29) is 11.7 Å². The van der Waals surface area contributed by atoms with Crippen molar-refractivity contribution in [2.24, 2.45) is 0 Å². The lowest BCUT2D eigenvalue weighted by molar-refractivity contribution is 0.0746. The van der Waals surface area contributed by atoms with Crippen molar-refractivity contribution in [3.63, 3.8) is 0 Å². The van der Waals surface area contributed by atoms with Crippen molar-refractivity contribution in [3.8, 4) is 22.8 Å². The second kappa shape index (κ2) is 8.99. The van der Waals surface area contributed by atoms with Crippen molar-refractivity contribution < 1.29 is 18.7 Å². The molecule has 1 amide bonds. The van der Waals surface area contributed by atoms with E-state index in [4.69, 9.17) is 9.47 Å². The number of benzene rings is 2. The first-order valence-electron chi connectivity index (χ1n) is 9.95. The topological polar surface area (TPSA) is 67.8 Å². The number of hydrogen-bond donors (Lipinski definition) is 0. The number of nitrogens with zero attached hydrogens (tertiary/aromatic N) is 4. The summed E-state index contributed by atoms with van der Waals surface area (Å²) in [5.41, 5.74) is 2.06. The third-order valence-corrected chi connectivity index (χ3v) is 5.31. The highest BCUT2D eigenvalue weighted by atomic mass is 19.1. The molecule has 0 unspecified atom stereocenters. The maximum absolute atomic E-state index is 13.1. The van der Waals surface area contributed by atoms with Crippen LogP contribution in [0.3, 0.4) is 0 Å². The Labute approximate surface area is 180 Å². The first-order valence-corrected chi connectivity index (χ1v) is 9.95. The zero-order chi connectivity index (χ0) is 21.8. The molecule has 31 heavy (non-hydrogen) atoms. The van der Waals surface area contributed by atoms with E-state index in [2.05, 4.69) is 15.1 Å². The van der Waals surface area contributed by atoms with Crippen LogP contribution in [0.25, 0.3) is 11.3 Å². The number of carbonyl (C=O) groups excluding carboxylic acids is 1. The van der Waals surface area contributed by atoms with E-state index in [0.29, 0.717) is 48.9 Å². The van der Waals surface area contributed by atoms with Crippen LogP contribution in [-0.4, -0.2) is 61.4 Å². The minimum absolute atomic E-state index is 0.0432. The van der Waals surface area contributed by atoms with Crippen molar-refractivity contribution in [2.45, 2.75) is 0 Å². The Morgan fingerprint density at radius 1 is 0.871 bits per heavy atom.